The Morgan fingerprint density at radius 1 is 1.20 bits per heavy atom. The molecule has 1 aromatic carbocycles. The van der Waals surface area contributed by atoms with Gasteiger partial charge in [0.15, 0.2) is 0 Å². The minimum absolute atomic E-state index is 0.662. The minimum atomic E-state index is -0.673. The van der Waals surface area contributed by atoms with Crippen LogP contribution < -0.4 is 0 Å². The minimum Gasteiger partial charge on any atom is -0.481 e. The first-order chi connectivity index (χ1) is 9.62. The van der Waals surface area contributed by atoms with Gasteiger partial charge in [0.25, 0.3) is 0 Å². The molecule has 1 aliphatic heterocycles. The Hall–Kier alpha value is -1.35. The molecule has 3 rings (SSSR count). The second-order valence-electron chi connectivity index (χ2n) is 6.52. The Morgan fingerprint density at radius 3 is 2.30 bits per heavy atom. The lowest BCUT2D eigenvalue weighted by molar-refractivity contribution is -0.146. The summed E-state index contributed by atoms with van der Waals surface area (Å²) in [5.41, 5.74) is 0.293. The third-order valence-corrected chi connectivity index (χ3v) is 5.25. The quantitative estimate of drug-likeness (QED) is 0.920. The van der Waals surface area contributed by atoms with Gasteiger partial charge in [-0.2, -0.15) is 0 Å². The van der Waals surface area contributed by atoms with Gasteiger partial charge in [-0.25, -0.2) is 0 Å². The molecule has 2 aliphatic rings. The summed E-state index contributed by atoms with van der Waals surface area (Å²) in [6, 6.07) is 10.5. The predicted octanol–water partition coefficient (Wildman–Crippen LogP) is 2.90. The first-order valence-corrected chi connectivity index (χ1v) is 7.65. The molecule has 1 N–H and O–H groups in total. The van der Waals surface area contributed by atoms with Crippen molar-refractivity contribution in [3.05, 3.63) is 35.9 Å². The fraction of sp³-hybridized carbons (Fsp3) is 0.588. The molecule has 1 saturated heterocycles. The second-order valence-corrected chi connectivity index (χ2v) is 6.52. The fourth-order valence-corrected chi connectivity index (χ4v) is 3.81. The molecule has 2 fully saturated rings. The lowest BCUT2D eigenvalue weighted by Gasteiger charge is -2.47. The number of rotatable bonds is 3. The van der Waals surface area contributed by atoms with Crippen LogP contribution in [0.4, 0.5) is 0 Å². The molecule has 1 aromatic rings. The van der Waals surface area contributed by atoms with Gasteiger partial charge >= 0.3 is 5.97 Å². The van der Waals surface area contributed by atoms with Gasteiger partial charge in [-0.1, -0.05) is 37.3 Å². The van der Waals surface area contributed by atoms with Crippen LogP contribution in [0.15, 0.2) is 30.3 Å². The average Bonchev–Trinajstić information content (AvgIpc) is 2.45. The van der Waals surface area contributed by atoms with Crippen LogP contribution in [0.1, 0.15) is 38.2 Å². The highest BCUT2D eigenvalue weighted by atomic mass is 16.4. The van der Waals surface area contributed by atoms with Crippen LogP contribution in [0.3, 0.4) is 0 Å². The number of aliphatic carboxylic acids is 1. The largest absolute Gasteiger partial charge is 0.481 e. The molecule has 3 nitrogen and oxygen atoms in total. The normalized spacial score (nSPS) is 29.6. The number of hydrogen-bond acceptors (Lipinski definition) is 2. The van der Waals surface area contributed by atoms with E-state index in [-0.39, 0.29) is 0 Å². The highest BCUT2D eigenvalue weighted by Crippen LogP contribution is 2.39. The summed E-state index contributed by atoms with van der Waals surface area (Å²) in [6.45, 7) is 4.13. The van der Waals surface area contributed by atoms with Crippen molar-refractivity contribution in [1.82, 2.24) is 4.90 Å². The maximum atomic E-state index is 11.9. The van der Waals surface area contributed by atoms with E-state index >= 15 is 0 Å². The third kappa shape index (κ3) is 2.24. The van der Waals surface area contributed by atoms with Crippen molar-refractivity contribution in [3.63, 3.8) is 0 Å². The van der Waals surface area contributed by atoms with Crippen molar-refractivity contribution in [1.29, 1.82) is 0 Å². The molecule has 1 saturated carbocycles. The molecule has 3 heteroatoms. The summed E-state index contributed by atoms with van der Waals surface area (Å²) in [6.07, 6.45) is 4.03. The monoisotopic (exact) mass is 273 g/mol. The van der Waals surface area contributed by atoms with Gasteiger partial charge in [0.05, 0.1) is 5.41 Å². The maximum absolute atomic E-state index is 11.9. The van der Waals surface area contributed by atoms with E-state index < -0.39 is 11.4 Å². The standard InChI is InChI=1S/C17H23NO2/c1-13-11-15(12-13)18-9-7-17(8-10-18,16(19)20)14-5-3-2-4-6-14/h2-6,13,15H,7-12H2,1H3,(H,19,20). The van der Waals surface area contributed by atoms with Crippen LogP contribution in [0.25, 0.3) is 0 Å². The molecule has 0 spiro atoms. The number of hydrogen-bond donors (Lipinski definition) is 1. The van der Waals surface area contributed by atoms with Crippen LogP contribution in [0, 0.1) is 5.92 Å². The van der Waals surface area contributed by atoms with Crippen LogP contribution >= 0.6 is 0 Å². The zero-order valence-electron chi connectivity index (χ0n) is 12.1. The number of likely N-dealkylation sites (tertiary alicyclic amines) is 1. The van der Waals surface area contributed by atoms with Crippen molar-refractivity contribution in [2.75, 3.05) is 13.1 Å². The van der Waals surface area contributed by atoms with Crippen molar-refractivity contribution >= 4 is 5.97 Å². The number of benzene rings is 1. The van der Waals surface area contributed by atoms with E-state index in [1.54, 1.807) is 0 Å². The number of carbonyl (C=O) groups is 1. The van der Waals surface area contributed by atoms with Crippen LogP contribution in [0.5, 0.6) is 0 Å². The van der Waals surface area contributed by atoms with Gasteiger partial charge in [0.1, 0.15) is 0 Å². The predicted molar refractivity (Wildman–Crippen MR) is 78.7 cm³/mol. The summed E-state index contributed by atoms with van der Waals surface area (Å²) in [5, 5.41) is 9.76. The zero-order chi connectivity index (χ0) is 14.2. The van der Waals surface area contributed by atoms with E-state index in [1.807, 2.05) is 30.3 Å². The van der Waals surface area contributed by atoms with Crippen LogP contribution in [0.2, 0.25) is 0 Å². The van der Waals surface area contributed by atoms with E-state index in [0.29, 0.717) is 6.04 Å². The topological polar surface area (TPSA) is 40.5 Å². The van der Waals surface area contributed by atoms with E-state index in [4.69, 9.17) is 0 Å². The molecule has 0 aromatic heterocycles. The molecule has 20 heavy (non-hydrogen) atoms. The lowest BCUT2D eigenvalue weighted by Crippen LogP contribution is -2.53. The Bertz CT molecular complexity index is 471. The van der Waals surface area contributed by atoms with Crippen LogP contribution in [-0.4, -0.2) is 35.1 Å². The molecule has 1 aliphatic carbocycles. The number of piperidine rings is 1. The molecular formula is C17H23NO2. The molecule has 0 bridgehead atoms. The SMILES string of the molecule is CC1CC(N2CCC(C(=O)O)(c3ccccc3)CC2)C1. The smallest absolute Gasteiger partial charge is 0.314 e. The second kappa shape index (κ2) is 5.21. The summed E-state index contributed by atoms with van der Waals surface area (Å²) >= 11 is 0. The highest BCUT2D eigenvalue weighted by Gasteiger charge is 2.45. The van der Waals surface area contributed by atoms with Crippen molar-refractivity contribution in [2.45, 2.75) is 44.1 Å². The summed E-state index contributed by atoms with van der Waals surface area (Å²) in [5.74, 6) is 0.186. The Kier molecular flexibility index (Phi) is 3.55. The number of carboxylic acid groups (broad SMARTS) is 1. The lowest BCUT2D eigenvalue weighted by atomic mass is 9.71. The molecule has 108 valence electrons. The summed E-state index contributed by atoms with van der Waals surface area (Å²) < 4.78 is 0. The maximum Gasteiger partial charge on any atom is 0.314 e. The molecular weight excluding hydrogens is 250 g/mol. The summed E-state index contributed by atoms with van der Waals surface area (Å²) in [4.78, 5) is 14.4. The zero-order valence-corrected chi connectivity index (χ0v) is 12.1. The Morgan fingerprint density at radius 2 is 1.80 bits per heavy atom. The van der Waals surface area contributed by atoms with Gasteiger partial charge in [-0.05, 0) is 50.3 Å². The first-order valence-electron chi connectivity index (χ1n) is 7.65. The molecule has 1 heterocycles. The summed E-state index contributed by atoms with van der Waals surface area (Å²) in [7, 11) is 0. The highest BCUT2D eigenvalue weighted by molar-refractivity contribution is 5.81. The van der Waals surface area contributed by atoms with E-state index in [0.717, 1.165) is 37.4 Å². The van der Waals surface area contributed by atoms with Gasteiger partial charge in [-0.15, -0.1) is 0 Å². The number of carboxylic acids is 1. The van der Waals surface area contributed by atoms with Crippen molar-refractivity contribution in [3.8, 4) is 0 Å². The first kappa shape index (κ1) is 13.6. The van der Waals surface area contributed by atoms with Gasteiger partial charge < -0.3 is 10.0 Å². The number of nitrogens with zero attached hydrogens (tertiary/aromatic N) is 1. The van der Waals surface area contributed by atoms with Crippen LogP contribution in [-0.2, 0) is 10.2 Å². The van der Waals surface area contributed by atoms with E-state index in [1.165, 1.54) is 12.8 Å². The van der Waals surface area contributed by atoms with Crippen molar-refractivity contribution < 1.29 is 9.90 Å². The Labute approximate surface area is 120 Å². The third-order valence-electron chi connectivity index (χ3n) is 5.25. The molecule has 0 amide bonds. The van der Waals surface area contributed by atoms with Gasteiger partial charge in [0.2, 0.25) is 0 Å². The van der Waals surface area contributed by atoms with Gasteiger partial charge in [0, 0.05) is 6.04 Å². The van der Waals surface area contributed by atoms with Gasteiger partial charge in [-0.3, -0.25) is 4.79 Å². The van der Waals surface area contributed by atoms with Crippen molar-refractivity contribution in [2.24, 2.45) is 5.92 Å². The average molecular weight is 273 g/mol. The van der Waals surface area contributed by atoms with E-state index in [2.05, 4.69) is 11.8 Å². The molecule has 0 unspecified atom stereocenters. The molecule has 0 radical (unpaired) electrons. The molecule has 0 atom stereocenters. The Balaban J connectivity index is 1.74. The van der Waals surface area contributed by atoms with E-state index in [9.17, 15) is 9.90 Å². The fourth-order valence-electron chi connectivity index (χ4n) is 3.81.